The maximum Gasteiger partial charge on any atom is 0.0409 e. The molecule has 1 aliphatic heterocycles. The summed E-state index contributed by atoms with van der Waals surface area (Å²) in [5, 5.41) is 4.63. The minimum atomic E-state index is 0.196. The molecular formula is C18H27ClN2. The normalized spacial score (nSPS) is 25.1. The third-order valence-corrected chi connectivity index (χ3v) is 5.43. The molecule has 0 unspecified atom stereocenters. The number of hydrogen-bond donors (Lipinski definition) is 1. The second-order valence-corrected chi connectivity index (χ2v) is 7.94. The van der Waals surface area contributed by atoms with Crippen molar-refractivity contribution in [3.8, 4) is 0 Å². The molecule has 1 aromatic rings. The maximum atomic E-state index is 6.16. The SMILES string of the molecule is CC1(C)CN(Cc2cccc(Cl)c2)C2(CCCCC2)CN1. The zero-order valence-corrected chi connectivity index (χ0v) is 14.0. The Morgan fingerprint density at radius 3 is 2.67 bits per heavy atom. The fourth-order valence-electron chi connectivity index (χ4n) is 4.00. The van der Waals surface area contributed by atoms with Crippen LogP contribution in [-0.4, -0.2) is 29.1 Å². The van der Waals surface area contributed by atoms with Gasteiger partial charge in [-0.05, 0) is 44.4 Å². The lowest BCUT2D eigenvalue weighted by Crippen LogP contribution is -2.68. The van der Waals surface area contributed by atoms with E-state index in [0.29, 0.717) is 5.54 Å². The molecule has 1 N–H and O–H groups in total. The minimum Gasteiger partial charge on any atom is -0.309 e. The lowest BCUT2D eigenvalue weighted by Gasteiger charge is -2.54. The van der Waals surface area contributed by atoms with E-state index < -0.39 is 0 Å². The van der Waals surface area contributed by atoms with Crippen LogP contribution in [0.2, 0.25) is 5.02 Å². The summed E-state index contributed by atoms with van der Waals surface area (Å²) in [6.07, 6.45) is 6.80. The predicted molar refractivity (Wildman–Crippen MR) is 89.8 cm³/mol. The van der Waals surface area contributed by atoms with Gasteiger partial charge in [0.15, 0.2) is 0 Å². The molecule has 1 saturated carbocycles. The van der Waals surface area contributed by atoms with Gasteiger partial charge in [0.1, 0.15) is 0 Å². The number of halogens is 1. The first-order valence-corrected chi connectivity index (χ1v) is 8.62. The van der Waals surface area contributed by atoms with Crippen LogP contribution in [0.5, 0.6) is 0 Å². The van der Waals surface area contributed by atoms with E-state index >= 15 is 0 Å². The van der Waals surface area contributed by atoms with Gasteiger partial charge in [-0.15, -0.1) is 0 Å². The molecule has 0 radical (unpaired) electrons. The van der Waals surface area contributed by atoms with Crippen molar-refractivity contribution in [1.82, 2.24) is 10.2 Å². The third-order valence-electron chi connectivity index (χ3n) is 5.20. The Balaban J connectivity index is 1.83. The molecule has 3 heteroatoms. The van der Waals surface area contributed by atoms with Crippen molar-refractivity contribution >= 4 is 11.6 Å². The van der Waals surface area contributed by atoms with Crippen molar-refractivity contribution in [2.45, 2.75) is 63.6 Å². The first-order valence-electron chi connectivity index (χ1n) is 8.24. The molecule has 0 amide bonds. The lowest BCUT2D eigenvalue weighted by atomic mass is 9.76. The van der Waals surface area contributed by atoms with Crippen LogP contribution in [0.1, 0.15) is 51.5 Å². The smallest absolute Gasteiger partial charge is 0.0409 e. The maximum absolute atomic E-state index is 6.16. The molecule has 1 saturated heterocycles. The monoisotopic (exact) mass is 306 g/mol. The highest BCUT2D eigenvalue weighted by molar-refractivity contribution is 6.30. The number of benzene rings is 1. The zero-order valence-electron chi connectivity index (χ0n) is 13.3. The van der Waals surface area contributed by atoms with Crippen LogP contribution in [-0.2, 0) is 6.54 Å². The Labute approximate surface area is 133 Å². The Morgan fingerprint density at radius 2 is 1.95 bits per heavy atom. The van der Waals surface area contributed by atoms with Crippen LogP contribution in [0, 0.1) is 0 Å². The molecule has 21 heavy (non-hydrogen) atoms. The molecule has 2 aliphatic rings. The first-order chi connectivity index (χ1) is 9.99. The standard InChI is InChI=1S/C18H27ClN2/c1-17(2)14-21(12-15-7-6-8-16(19)11-15)18(13-20-17)9-4-3-5-10-18/h6-8,11,20H,3-5,9-10,12-14H2,1-2H3. The van der Waals surface area contributed by atoms with Gasteiger partial charge in [-0.25, -0.2) is 0 Å². The molecule has 2 fully saturated rings. The van der Waals surface area contributed by atoms with E-state index in [-0.39, 0.29) is 5.54 Å². The summed E-state index contributed by atoms with van der Waals surface area (Å²) in [5.74, 6) is 0. The van der Waals surface area contributed by atoms with Crippen molar-refractivity contribution in [2.24, 2.45) is 0 Å². The van der Waals surface area contributed by atoms with E-state index in [1.807, 2.05) is 6.07 Å². The van der Waals surface area contributed by atoms with E-state index in [9.17, 15) is 0 Å². The molecule has 3 rings (SSSR count). The number of nitrogens with zero attached hydrogens (tertiary/aromatic N) is 1. The van der Waals surface area contributed by atoms with E-state index in [0.717, 1.165) is 24.7 Å². The highest BCUT2D eigenvalue weighted by atomic mass is 35.5. The van der Waals surface area contributed by atoms with Crippen molar-refractivity contribution in [2.75, 3.05) is 13.1 Å². The molecule has 1 aliphatic carbocycles. The average Bonchev–Trinajstić information content (AvgIpc) is 2.44. The van der Waals surface area contributed by atoms with Crippen molar-refractivity contribution in [3.63, 3.8) is 0 Å². The van der Waals surface area contributed by atoms with Crippen LogP contribution in [0.4, 0.5) is 0 Å². The first kappa shape index (κ1) is 15.3. The summed E-state index contributed by atoms with van der Waals surface area (Å²) in [7, 11) is 0. The number of nitrogens with one attached hydrogen (secondary N) is 1. The topological polar surface area (TPSA) is 15.3 Å². The Bertz CT molecular complexity index is 492. The number of rotatable bonds is 2. The van der Waals surface area contributed by atoms with Gasteiger partial charge in [0, 0.05) is 35.7 Å². The molecule has 1 heterocycles. The van der Waals surface area contributed by atoms with Gasteiger partial charge < -0.3 is 5.32 Å². The van der Waals surface area contributed by atoms with E-state index in [4.69, 9.17) is 11.6 Å². The molecule has 1 aromatic carbocycles. The van der Waals surface area contributed by atoms with E-state index in [1.165, 1.54) is 37.7 Å². The van der Waals surface area contributed by atoms with Crippen LogP contribution in [0.3, 0.4) is 0 Å². The Kier molecular flexibility index (Phi) is 4.31. The second kappa shape index (κ2) is 5.91. The van der Waals surface area contributed by atoms with Gasteiger partial charge in [-0.3, -0.25) is 4.90 Å². The molecule has 2 nitrogen and oxygen atoms in total. The van der Waals surface area contributed by atoms with Crippen LogP contribution < -0.4 is 5.32 Å². The zero-order chi connectivity index (χ0) is 14.9. The van der Waals surface area contributed by atoms with Crippen LogP contribution in [0.25, 0.3) is 0 Å². The summed E-state index contributed by atoms with van der Waals surface area (Å²) >= 11 is 6.16. The van der Waals surface area contributed by atoms with Gasteiger partial charge in [-0.2, -0.15) is 0 Å². The molecule has 0 bridgehead atoms. The van der Waals surface area contributed by atoms with Gasteiger partial charge in [0.25, 0.3) is 0 Å². The summed E-state index contributed by atoms with van der Waals surface area (Å²) < 4.78 is 0. The molecular weight excluding hydrogens is 280 g/mol. The van der Waals surface area contributed by atoms with Gasteiger partial charge in [-0.1, -0.05) is 43.0 Å². The Morgan fingerprint density at radius 1 is 1.19 bits per heavy atom. The summed E-state index contributed by atoms with van der Waals surface area (Å²) in [6, 6.07) is 8.35. The summed E-state index contributed by atoms with van der Waals surface area (Å²) in [4.78, 5) is 2.73. The predicted octanol–water partition coefficient (Wildman–Crippen LogP) is 4.23. The van der Waals surface area contributed by atoms with Gasteiger partial charge in [0.05, 0.1) is 0 Å². The summed E-state index contributed by atoms with van der Waals surface area (Å²) in [6.45, 7) is 7.88. The second-order valence-electron chi connectivity index (χ2n) is 7.51. The van der Waals surface area contributed by atoms with Crippen molar-refractivity contribution in [1.29, 1.82) is 0 Å². The van der Waals surface area contributed by atoms with E-state index in [2.05, 4.69) is 42.3 Å². The van der Waals surface area contributed by atoms with Gasteiger partial charge >= 0.3 is 0 Å². The lowest BCUT2D eigenvalue weighted by molar-refractivity contribution is -0.0161. The molecule has 0 aromatic heterocycles. The number of piperazine rings is 1. The quantitative estimate of drug-likeness (QED) is 0.880. The minimum absolute atomic E-state index is 0.196. The van der Waals surface area contributed by atoms with Crippen LogP contribution in [0.15, 0.2) is 24.3 Å². The van der Waals surface area contributed by atoms with Crippen LogP contribution >= 0.6 is 11.6 Å². The van der Waals surface area contributed by atoms with Gasteiger partial charge in [0.2, 0.25) is 0 Å². The molecule has 1 spiro atoms. The largest absolute Gasteiger partial charge is 0.309 e. The third kappa shape index (κ3) is 3.44. The summed E-state index contributed by atoms with van der Waals surface area (Å²) in [5.41, 5.74) is 1.89. The fraction of sp³-hybridized carbons (Fsp3) is 0.667. The van der Waals surface area contributed by atoms with E-state index in [1.54, 1.807) is 0 Å². The van der Waals surface area contributed by atoms with Crippen molar-refractivity contribution in [3.05, 3.63) is 34.9 Å². The number of hydrogen-bond acceptors (Lipinski definition) is 2. The Hall–Kier alpha value is -0.570. The highest BCUT2D eigenvalue weighted by Gasteiger charge is 2.44. The average molecular weight is 307 g/mol. The fourth-order valence-corrected chi connectivity index (χ4v) is 4.21. The molecule has 116 valence electrons. The van der Waals surface area contributed by atoms with Crippen molar-refractivity contribution < 1.29 is 0 Å². The highest BCUT2D eigenvalue weighted by Crippen LogP contribution is 2.38. The molecule has 0 atom stereocenters.